The summed E-state index contributed by atoms with van der Waals surface area (Å²) in [5.74, 6) is 0.470. The van der Waals surface area contributed by atoms with E-state index < -0.39 is 11.2 Å². The van der Waals surface area contributed by atoms with E-state index in [1.807, 2.05) is 11.5 Å². The van der Waals surface area contributed by atoms with Gasteiger partial charge >= 0.3 is 5.69 Å². The van der Waals surface area contributed by atoms with Crippen LogP contribution in [0.25, 0.3) is 11.2 Å². The first-order valence-electron chi connectivity index (χ1n) is 9.97. The van der Waals surface area contributed by atoms with Crippen LogP contribution in [-0.4, -0.2) is 44.2 Å². The number of fused-ring (bicyclic) bond motifs is 1. The van der Waals surface area contributed by atoms with Crippen molar-refractivity contribution in [2.45, 2.75) is 71.9 Å². The van der Waals surface area contributed by atoms with Gasteiger partial charge in [0.15, 0.2) is 11.2 Å². The fourth-order valence-corrected chi connectivity index (χ4v) is 3.17. The molecule has 0 atom stereocenters. The van der Waals surface area contributed by atoms with Crippen LogP contribution in [0, 0.1) is 0 Å². The lowest BCUT2D eigenvalue weighted by atomic mass is 10.2. The van der Waals surface area contributed by atoms with Gasteiger partial charge in [-0.1, -0.05) is 33.1 Å². The zero-order valence-electron chi connectivity index (χ0n) is 17.3. The Morgan fingerprint density at radius 2 is 1.79 bits per heavy atom. The van der Waals surface area contributed by atoms with Gasteiger partial charge in [-0.3, -0.25) is 24.0 Å². The molecule has 0 bridgehead atoms. The highest BCUT2D eigenvalue weighted by Crippen LogP contribution is 2.16. The lowest BCUT2D eigenvalue weighted by molar-refractivity contribution is -0.168. The average molecular weight is 393 g/mol. The fraction of sp³-hybridized carbons (Fsp3) is 0.684. The van der Waals surface area contributed by atoms with E-state index in [4.69, 9.17) is 4.84 Å². The van der Waals surface area contributed by atoms with Crippen LogP contribution >= 0.6 is 0 Å². The SMILES string of the molecule is CCCCCn1c(CCC(=O)N(C)OC)nc2c1c(=O)[nH]c(=O)n2CCCC. The normalized spacial score (nSPS) is 11.3. The second-order valence-electron chi connectivity index (χ2n) is 6.90. The molecule has 0 aliphatic heterocycles. The topological polar surface area (TPSA) is 102 Å². The molecule has 0 fully saturated rings. The number of H-pyrrole nitrogens is 1. The van der Waals surface area contributed by atoms with Crippen LogP contribution in [0.1, 0.15) is 58.2 Å². The van der Waals surface area contributed by atoms with Gasteiger partial charge in [0.2, 0.25) is 5.91 Å². The van der Waals surface area contributed by atoms with Gasteiger partial charge < -0.3 is 4.57 Å². The molecule has 0 aliphatic rings. The summed E-state index contributed by atoms with van der Waals surface area (Å²) in [4.78, 5) is 48.9. The monoisotopic (exact) mass is 393 g/mol. The molecule has 1 amide bonds. The van der Waals surface area contributed by atoms with Gasteiger partial charge in [-0.25, -0.2) is 14.8 Å². The average Bonchev–Trinajstić information content (AvgIpc) is 3.04. The van der Waals surface area contributed by atoms with Crippen molar-refractivity contribution < 1.29 is 9.63 Å². The first-order chi connectivity index (χ1) is 13.4. The van der Waals surface area contributed by atoms with E-state index in [0.29, 0.717) is 36.5 Å². The summed E-state index contributed by atoms with van der Waals surface area (Å²) in [5.41, 5.74) is -0.0511. The number of aryl methyl sites for hydroxylation is 3. The molecule has 0 saturated heterocycles. The van der Waals surface area contributed by atoms with Gasteiger partial charge in [-0.2, -0.15) is 0 Å². The smallest absolute Gasteiger partial charge is 0.322 e. The van der Waals surface area contributed by atoms with Gasteiger partial charge in [0.25, 0.3) is 5.56 Å². The van der Waals surface area contributed by atoms with Crippen LogP contribution in [0.2, 0.25) is 0 Å². The van der Waals surface area contributed by atoms with Crippen LogP contribution in [0.3, 0.4) is 0 Å². The van der Waals surface area contributed by atoms with Gasteiger partial charge in [0.05, 0.1) is 7.11 Å². The summed E-state index contributed by atoms with van der Waals surface area (Å²) in [7, 11) is 2.99. The van der Waals surface area contributed by atoms with Gasteiger partial charge in [-0.15, -0.1) is 0 Å². The predicted octanol–water partition coefficient (Wildman–Crippen LogP) is 1.83. The molecule has 0 aromatic carbocycles. The maximum absolute atomic E-state index is 12.6. The molecule has 9 nitrogen and oxygen atoms in total. The van der Waals surface area contributed by atoms with E-state index in [1.54, 1.807) is 7.05 Å². The zero-order chi connectivity index (χ0) is 20.7. The summed E-state index contributed by atoms with van der Waals surface area (Å²) in [5, 5.41) is 1.17. The molecule has 0 aliphatic carbocycles. The Labute approximate surface area is 164 Å². The minimum atomic E-state index is -0.439. The van der Waals surface area contributed by atoms with Crippen molar-refractivity contribution in [2.24, 2.45) is 0 Å². The van der Waals surface area contributed by atoms with Crippen LogP contribution in [-0.2, 0) is 29.1 Å². The molecule has 2 aromatic heterocycles. The highest BCUT2D eigenvalue weighted by molar-refractivity contribution is 5.75. The van der Waals surface area contributed by atoms with Crippen LogP contribution in [0.5, 0.6) is 0 Å². The third-order valence-electron chi connectivity index (χ3n) is 4.87. The van der Waals surface area contributed by atoms with Crippen molar-refractivity contribution in [1.29, 1.82) is 0 Å². The van der Waals surface area contributed by atoms with E-state index >= 15 is 0 Å². The number of unbranched alkanes of at least 4 members (excludes halogenated alkanes) is 3. The lowest BCUT2D eigenvalue weighted by Gasteiger charge is -2.13. The van der Waals surface area contributed by atoms with Crippen LogP contribution < -0.4 is 11.2 Å². The highest BCUT2D eigenvalue weighted by atomic mass is 16.7. The minimum Gasteiger partial charge on any atom is -0.322 e. The number of imidazole rings is 1. The molecule has 2 rings (SSSR count). The van der Waals surface area contributed by atoms with Crippen molar-refractivity contribution in [3.8, 4) is 0 Å². The maximum atomic E-state index is 12.6. The number of amides is 1. The molecule has 0 saturated carbocycles. The van der Waals surface area contributed by atoms with E-state index in [0.717, 1.165) is 32.1 Å². The lowest BCUT2D eigenvalue weighted by Crippen LogP contribution is -2.31. The number of nitrogens with zero attached hydrogens (tertiary/aromatic N) is 4. The molecule has 2 heterocycles. The molecule has 156 valence electrons. The summed E-state index contributed by atoms with van der Waals surface area (Å²) in [6.45, 7) is 5.28. The third kappa shape index (κ3) is 4.89. The number of hydroxylamine groups is 2. The van der Waals surface area contributed by atoms with E-state index in [2.05, 4.69) is 16.9 Å². The maximum Gasteiger partial charge on any atom is 0.330 e. The quantitative estimate of drug-likeness (QED) is 0.463. The molecule has 2 aromatic rings. The molecular formula is C19H31N5O4. The molecule has 0 unspecified atom stereocenters. The standard InChI is InChI=1S/C19H31N5O4/c1-5-7-9-13-23-14(10-11-15(25)22(3)28-4)20-17-16(23)18(26)21-19(27)24(17)12-8-6-2/h5-13H2,1-4H3,(H,21,26,27). The van der Waals surface area contributed by atoms with Crippen molar-refractivity contribution >= 4 is 17.1 Å². The molecular weight excluding hydrogens is 362 g/mol. The Morgan fingerprint density at radius 1 is 1.11 bits per heavy atom. The Kier molecular flexibility index (Phi) is 7.98. The fourth-order valence-electron chi connectivity index (χ4n) is 3.17. The largest absolute Gasteiger partial charge is 0.330 e. The molecule has 0 radical (unpaired) electrons. The highest BCUT2D eigenvalue weighted by Gasteiger charge is 2.19. The van der Waals surface area contributed by atoms with E-state index in [9.17, 15) is 14.4 Å². The van der Waals surface area contributed by atoms with Crippen molar-refractivity contribution in [2.75, 3.05) is 14.2 Å². The summed E-state index contributed by atoms with van der Waals surface area (Å²) >= 11 is 0. The number of carbonyl (C=O) groups excluding carboxylic acids is 1. The number of nitrogens with one attached hydrogen (secondary N) is 1. The number of carbonyl (C=O) groups is 1. The predicted molar refractivity (Wildman–Crippen MR) is 107 cm³/mol. The zero-order valence-corrected chi connectivity index (χ0v) is 17.3. The first kappa shape index (κ1) is 21.9. The van der Waals surface area contributed by atoms with Crippen molar-refractivity contribution in [3.05, 3.63) is 26.7 Å². The Balaban J connectivity index is 2.49. The third-order valence-corrected chi connectivity index (χ3v) is 4.87. The summed E-state index contributed by atoms with van der Waals surface area (Å²) in [6, 6.07) is 0. The van der Waals surface area contributed by atoms with E-state index in [1.165, 1.54) is 16.7 Å². The number of aromatic amines is 1. The van der Waals surface area contributed by atoms with Gasteiger partial charge in [0.1, 0.15) is 5.82 Å². The first-order valence-corrected chi connectivity index (χ1v) is 9.97. The number of hydrogen-bond donors (Lipinski definition) is 1. The van der Waals surface area contributed by atoms with Gasteiger partial charge in [0, 0.05) is 33.0 Å². The molecule has 9 heteroatoms. The van der Waals surface area contributed by atoms with Gasteiger partial charge in [-0.05, 0) is 12.8 Å². The second-order valence-corrected chi connectivity index (χ2v) is 6.90. The van der Waals surface area contributed by atoms with Crippen LogP contribution in [0.15, 0.2) is 9.59 Å². The van der Waals surface area contributed by atoms with E-state index in [-0.39, 0.29) is 12.3 Å². The van der Waals surface area contributed by atoms with Crippen molar-refractivity contribution in [3.63, 3.8) is 0 Å². The Hall–Kier alpha value is -2.42. The number of aromatic nitrogens is 4. The summed E-state index contributed by atoms with van der Waals surface area (Å²) < 4.78 is 3.40. The molecule has 0 spiro atoms. The Morgan fingerprint density at radius 3 is 2.43 bits per heavy atom. The minimum absolute atomic E-state index is 0.174. The molecule has 1 N–H and O–H groups in total. The number of rotatable bonds is 11. The summed E-state index contributed by atoms with van der Waals surface area (Å²) in [6.07, 6.45) is 5.29. The molecule has 28 heavy (non-hydrogen) atoms. The van der Waals surface area contributed by atoms with Crippen molar-refractivity contribution in [1.82, 2.24) is 24.2 Å². The number of hydrogen-bond acceptors (Lipinski definition) is 5. The van der Waals surface area contributed by atoms with Crippen LogP contribution in [0.4, 0.5) is 0 Å². The Bertz CT molecular complexity index is 911. The second kappa shape index (κ2) is 10.2.